The molecule has 2 rings (SSSR count). The molecule has 1 aliphatic heterocycles. The Bertz CT molecular complexity index is 324. The summed E-state index contributed by atoms with van der Waals surface area (Å²) in [7, 11) is 0. The largest absolute Gasteiger partial charge is 0.343 e. The molecule has 2 heterocycles. The van der Waals surface area contributed by atoms with Gasteiger partial charge in [-0.15, -0.1) is 0 Å². The first-order chi connectivity index (χ1) is 6.86. The Labute approximate surface area is 82.5 Å². The fourth-order valence-corrected chi connectivity index (χ4v) is 1.92. The van der Waals surface area contributed by atoms with Crippen LogP contribution in [0.4, 0.5) is 0 Å². The molecule has 1 saturated heterocycles. The number of nitrogens with zero attached hydrogens (tertiary/aromatic N) is 2. The van der Waals surface area contributed by atoms with E-state index in [1.54, 1.807) is 10.9 Å². The van der Waals surface area contributed by atoms with Crippen LogP contribution in [-0.2, 0) is 6.54 Å². The van der Waals surface area contributed by atoms with Gasteiger partial charge in [0, 0.05) is 6.54 Å². The van der Waals surface area contributed by atoms with Crippen molar-refractivity contribution in [2.24, 2.45) is 5.92 Å². The standard InChI is InChI=1S/C9H16N4O/c14-9-12-11-7-13(9)5-3-8-2-1-4-10-6-8/h7-8,10H,1-6H2,(H,12,14). The van der Waals surface area contributed by atoms with E-state index in [2.05, 4.69) is 15.5 Å². The Morgan fingerprint density at radius 1 is 1.64 bits per heavy atom. The summed E-state index contributed by atoms with van der Waals surface area (Å²) in [6, 6.07) is 0. The summed E-state index contributed by atoms with van der Waals surface area (Å²) in [5.41, 5.74) is -0.103. The molecule has 1 aromatic rings. The highest BCUT2D eigenvalue weighted by atomic mass is 16.1. The van der Waals surface area contributed by atoms with E-state index in [0.29, 0.717) is 5.92 Å². The Balaban J connectivity index is 1.82. The molecule has 0 amide bonds. The molecule has 1 aliphatic rings. The van der Waals surface area contributed by atoms with E-state index < -0.39 is 0 Å². The van der Waals surface area contributed by atoms with Gasteiger partial charge in [0.1, 0.15) is 6.33 Å². The quantitative estimate of drug-likeness (QED) is 0.713. The lowest BCUT2D eigenvalue weighted by Gasteiger charge is -2.22. The summed E-state index contributed by atoms with van der Waals surface area (Å²) in [6.07, 6.45) is 5.16. The van der Waals surface area contributed by atoms with Crippen molar-refractivity contribution >= 4 is 0 Å². The Kier molecular flexibility index (Phi) is 2.98. The lowest BCUT2D eigenvalue weighted by Crippen LogP contribution is -2.31. The average molecular weight is 196 g/mol. The molecule has 14 heavy (non-hydrogen) atoms. The molecule has 0 bridgehead atoms. The Morgan fingerprint density at radius 3 is 3.21 bits per heavy atom. The number of aromatic amines is 1. The van der Waals surface area contributed by atoms with Gasteiger partial charge in [-0.3, -0.25) is 4.57 Å². The van der Waals surface area contributed by atoms with Gasteiger partial charge in [0.2, 0.25) is 0 Å². The van der Waals surface area contributed by atoms with Gasteiger partial charge in [-0.1, -0.05) is 0 Å². The molecule has 0 radical (unpaired) electrons. The van der Waals surface area contributed by atoms with E-state index in [4.69, 9.17) is 0 Å². The highest BCUT2D eigenvalue weighted by molar-refractivity contribution is 4.71. The minimum absolute atomic E-state index is 0.103. The monoisotopic (exact) mass is 196 g/mol. The zero-order valence-corrected chi connectivity index (χ0v) is 8.20. The normalized spacial score (nSPS) is 22.4. The molecule has 1 fully saturated rings. The van der Waals surface area contributed by atoms with Crippen molar-refractivity contribution in [2.45, 2.75) is 25.8 Å². The van der Waals surface area contributed by atoms with Crippen LogP contribution in [0.3, 0.4) is 0 Å². The lowest BCUT2D eigenvalue weighted by atomic mass is 9.96. The number of hydrogen-bond acceptors (Lipinski definition) is 3. The third-order valence-corrected chi connectivity index (χ3v) is 2.80. The van der Waals surface area contributed by atoms with Crippen LogP contribution in [0, 0.1) is 5.92 Å². The van der Waals surface area contributed by atoms with Crippen molar-refractivity contribution in [3.8, 4) is 0 Å². The molecular weight excluding hydrogens is 180 g/mol. The molecule has 0 aliphatic carbocycles. The van der Waals surface area contributed by atoms with Gasteiger partial charge in [0.15, 0.2) is 0 Å². The van der Waals surface area contributed by atoms with E-state index >= 15 is 0 Å². The Morgan fingerprint density at radius 2 is 2.57 bits per heavy atom. The van der Waals surface area contributed by atoms with E-state index in [9.17, 15) is 4.79 Å². The predicted octanol–water partition coefficient (Wildman–Crippen LogP) is -0.0389. The second-order valence-corrected chi connectivity index (χ2v) is 3.86. The van der Waals surface area contributed by atoms with E-state index in [1.165, 1.54) is 12.8 Å². The second-order valence-electron chi connectivity index (χ2n) is 3.86. The number of nitrogens with one attached hydrogen (secondary N) is 2. The predicted molar refractivity (Wildman–Crippen MR) is 53.1 cm³/mol. The highest BCUT2D eigenvalue weighted by Gasteiger charge is 2.12. The number of hydrogen-bond donors (Lipinski definition) is 2. The third-order valence-electron chi connectivity index (χ3n) is 2.80. The van der Waals surface area contributed by atoms with Gasteiger partial charge in [-0.05, 0) is 38.3 Å². The molecule has 1 unspecified atom stereocenters. The average Bonchev–Trinajstić information content (AvgIpc) is 2.63. The van der Waals surface area contributed by atoms with Gasteiger partial charge >= 0.3 is 5.69 Å². The van der Waals surface area contributed by atoms with Crippen molar-refractivity contribution in [3.05, 3.63) is 16.8 Å². The molecule has 5 nitrogen and oxygen atoms in total. The van der Waals surface area contributed by atoms with Crippen LogP contribution < -0.4 is 11.0 Å². The second kappa shape index (κ2) is 4.41. The van der Waals surface area contributed by atoms with Crippen molar-refractivity contribution in [1.29, 1.82) is 0 Å². The zero-order chi connectivity index (χ0) is 9.80. The van der Waals surface area contributed by atoms with Crippen LogP contribution in [0.5, 0.6) is 0 Å². The first-order valence-electron chi connectivity index (χ1n) is 5.17. The van der Waals surface area contributed by atoms with Crippen LogP contribution in [0.15, 0.2) is 11.1 Å². The van der Waals surface area contributed by atoms with E-state index in [1.807, 2.05) is 0 Å². The van der Waals surface area contributed by atoms with E-state index in [-0.39, 0.29) is 5.69 Å². The molecule has 1 aromatic heterocycles. The van der Waals surface area contributed by atoms with Crippen LogP contribution in [-0.4, -0.2) is 27.9 Å². The van der Waals surface area contributed by atoms with Gasteiger partial charge in [0.05, 0.1) is 0 Å². The van der Waals surface area contributed by atoms with Crippen molar-refractivity contribution in [2.75, 3.05) is 13.1 Å². The summed E-state index contributed by atoms with van der Waals surface area (Å²) >= 11 is 0. The summed E-state index contributed by atoms with van der Waals surface area (Å²) in [4.78, 5) is 11.1. The molecule has 0 spiro atoms. The highest BCUT2D eigenvalue weighted by Crippen LogP contribution is 2.14. The third kappa shape index (κ3) is 2.23. The maximum Gasteiger partial charge on any atom is 0.343 e. The molecule has 78 valence electrons. The fourth-order valence-electron chi connectivity index (χ4n) is 1.92. The molecule has 0 saturated carbocycles. The molecular formula is C9H16N4O. The number of aryl methyl sites for hydroxylation is 1. The van der Waals surface area contributed by atoms with Crippen LogP contribution >= 0.6 is 0 Å². The van der Waals surface area contributed by atoms with Crippen LogP contribution in [0.25, 0.3) is 0 Å². The maximum absolute atomic E-state index is 11.1. The maximum atomic E-state index is 11.1. The smallest absolute Gasteiger partial charge is 0.316 e. The van der Waals surface area contributed by atoms with Gasteiger partial charge < -0.3 is 5.32 Å². The Hall–Kier alpha value is -1.10. The van der Waals surface area contributed by atoms with E-state index in [0.717, 1.165) is 26.1 Å². The minimum Gasteiger partial charge on any atom is -0.316 e. The van der Waals surface area contributed by atoms with Crippen molar-refractivity contribution in [3.63, 3.8) is 0 Å². The fraction of sp³-hybridized carbons (Fsp3) is 0.778. The molecule has 1 atom stereocenters. The van der Waals surface area contributed by atoms with Gasteiger partial charge in [-0.25, -0.2) is 9.89 Å². The lowest BCUT2D eigenvalue weighted by molar-refractivity contribution is 0.340. The molecule has 5 heteroatoms. The van der Waals surface area contributed by atoms with Crippen molar-refractivity contribution < 1.29 is 0 Å². The first kappa shape index (κ1) is 9.45. The first-order valence-corrected chi connectivity index (χ1v) is 5.17. The summed E-state index contributed by atoms with van der Waals surface area (Å²) < 4.78 is 1.63. The van der Waals surface area contributed by atoms with Crippen LogP contribution in [0.2, 0.25) is 0 Å². The molecule has 2 N–H and O–H groups in total. The SMILES string of the molecule is O=c1[nH]ncn1CCC1CCCNC1. The number of H-pyrrole nitrogens is 1. The summed E-state index contributed by atoms with van der Waals surface area (Å²) in [6.45, 7) is 3.01. The zero-order valence-electron chi connectivity index (χ0n) is 8.20. The topological polar surface area (TPSA) is 62.7 Å². The van der Waals surface area contributed by atoms with Gasteiger partial charge in [0.25, 0.3) is 0 Å². The van der Waals surface area contributed by atoms with Crippen LogP contribution in [0.1, 0.15) is 19.3 Å². The number of rotatable bonds is 3. The summed E-state index contributed by atoms with van der Waals surface area (Å²) in [5, 5.41) is 9.46. The minimum atomic E-state index is -0.103. The summed E-state index contributed by atoms with van der Waals surface area (Å²) in [5.74, 6) is 0.713. The number of piperidine rings is 1. The van der Waals surface area contributed by atoms with Crippen molar-refractivity contribution in [1.82, 2.24) is 20.1 Å². The number of aromatic nitrogens is 3. The van der Waals surface area contributed by atoms with Gasteiger partial charge in [-0.2, -0.15) is 5.10 Å². The molecule has 0 aromatic carbocycles.